The van der Waals surface area contributed by atoms with Crippen molar-refractivity contribution in [3.8, 4) is 0 Å². The van der Waals surface area contributed by atoms with E-state index in [1.54, 1.807) is 12.1 Å². The molecule has 0 bridgehead atoms. The molecule has 1 aromatic rings. The van der Waals surface area contributed by atoms with Crippen LogP contribution in [0.15, 0.2) is 24.3 Å². The summed E-state index contributed by atoms with van der Waals surface area (Å²) < 4.78 is 13.0. The van der Waals surface area contributed by atoms with E-state index in [1.807, 2.05) is 6.07 Å². The summed E-state index contributed by atoms with van der Waals surface area (Å²) in [5, 5.41) is 3.31. The molecule has 1 saturated heterocycles. The molecule has 1 aromatic carbocycles. The highest BCUT2D eigenvalue weighted by Gasteiger charge is 2.30. The Hall–Kier alpha value is -0.890. The Morgan fingerprint density at radius 2 is 2.31 bits per heavy atom. The second-order valence-corrected chi connectivity index (χ2v) is 4.00. The second kappa shape index (κ2) is 3.11. The minimum Gasteiger partial charge on any atom is -0.316 e. The summed E-state index contributed by atoms with van der Waals surface area (Å²) in [6, 6.07) is 6.94. The lowest BCUT2D eigenvalue weighted by Gasteiger charge is -2.22. The molecule has 2 rings (SSSR count). The number of hydrogen-bond donors (Lipinski definition) is 1. The molecule has 1 atom stereocenters. The number of nitrogens with one attached hydrogen (secondary N) is 1. The maximum atomic E-state index is 13.0. The molecule has 0 saturated carbocycles. The molecule has 70 valence electrons. The van der Waals surface area contributed by atoms with Crippen LogP contribution in [0.25, 0.3) is 0 Å². The predicted octanol–water partition coefficient (Wildman–Crippen LogP) is 2.08. The van der Waals surface area contributed by atoms with Gasteiger partial charge in [-0.1, -0.05) is 19.1 Å². The number of halogens is 1. The summed E-state index contributed by atoms with van der Waals surface area (Å²) in [4.78, 5) is 0. The molecule has 0 unspecified atom stereocenters. The molecule has 0 amide bonds. The van der Waals surface area contributed by atoms with Gasteiger partial charge in [0.2, 0.25) is 0 Å². The van der Waals surface area contributed by atoms with Crippen molar-refractivity contribution >= 4 is 0 Å². The smallest absolute Gasteiger partial charge is 0.123 e. The van der Waals surface area contributed by atoms with Crippen molar-refractivity contribution in [2.45, 2.75) is 18.8 Å². The van der Waals surface area contributed by atoms with Crippen molar-refractivity contribution in [1.82, 2.24) is 5.32 Å². The lowest BCUT2D eigenvalue weighted by molar-refractivity contribution is 0.518. The Kier molecular flexibility index (Phi) is 2.08. The maximum absolute atomic E-state index is 13.0. The second-order valence-electron chi connectivity index (χ2n) is 4.00. The van der Waals surface area contributed by atoms with Gasteiger partial charge in [0, 0.05) is 12.0 Å². The van der Waals surface area contributed by atoms with E-state index in [4.69, 9.17) is 0 Å². The van der Waals surface area contributed by atoms with Gasteiger partial charge in [-0.15, -0.1) is 0 Å². The van der Waals surface area contributed by atoms with E-state index < -0.39 is 0 Å². The topological polar surface area (TPSA) is 12.0 Å². The molecular formula is C11H14FN. The lowest BCUT2D eigenvalue weighted by atomic mass is 9.82. The van der Waals surface area contributed by atoms with Crippen LogP contribution in [0.5, 0.6) is 0 Å². The van der Waals surface area contributed by atoms with Crippen LogP contribution in [0, 0.1) is 5.82 Å². The van der Waals surface area contributed by atoms with Gasteiger partial charge in [-0.05, 0) is 30.7 Å². The molecule has 2 heteroatoms. The van der Waals surface area contributed by atoms with Crippen LogP contribution in [0.3, 0.4) is 0 Å². The molecule has 0 radical (unpaired) electrons. The fraction of sp³-hybridized carbons (Fsp3) is 0.455. The Balaban J connectivity index is 2.33. The summed E-state index contributed by atoms with van der Waals surface area (Å²) in [6.45, 7) is 4.17. The molecule has 13 heavy (non-hydrogen) atoms. The zero-order valence-electron chi connectivity index (χ0n) is 7.81. The molecular weight excluding hydrogens is 165 g/mol. The summed E-state index contributed by atoms with van der Waals surface area (Å²) in [5.74, 6) is -0.134. The van der Waals surface area contributed by atoms with Crippen LogP contribution in [0.4, 0.5) is 4.39 Å². The standard InChI is InChI=1S/C11H14FN/c1-11(5-6-13-8-11)9-3-2-4-10(12)7-9/h2-4,7,13H,5-6,8H2,1H3/t11-/m1/s1. The first-order valence-corrected chi connectivity index (χ1v) is 4.67. The first-order chi connectivity index (χ1) is 6.21. The largest absolute Gasteiger partial charge is 0.316 e. The van der Waals surface area contributed by atoms with Gasteiger partial charge < -0.3 is 5.32 Å². The quantitative estimate of drug-likeness (QED) is 0.696. The van der Waals surface area contributed by atoms with E-state index in [9.17, 15) is 4.39 Å². The van der Waals surface area contributed by atoms with E-state index >= 15 is 0 Å². The maximum Gasteiger partial charge on any atom is 0.123 e. The third-order valence-corrected chi connectivity index (χ3v) is 2.89. The Bertz CT molecular complexity index is 303. The summed E-state index contributed by atoms with van der Waals surface area (Å²) in [7, 11) is 0. The van der Waals surface area contributed by atoms with Crippen molar-refractivity contribution in [2.24, 2.45) is 0 Å². The first-order valence-electron chi connectivity index (χ1n) is 4.67. The van der Waals surface area contributed by atoms with Crippen LogP contribution in [0.2, 0.25) is 0 Å². The van der Waals surface area contributed by atoms with Gasteiger partial charge in [-0.2, -0.15) is 0 Å². The molecule has 1 fully saturated rings. The number of benzene rings is 1. The van der Waals surface area contributed by atoms with Gasteiger partial charge in [0.15, 0.2) is 0 Å². The average molecular weight is 179 g/mol. The molecule has 1 aliphatic heterocycles. The Labute approximate surface area is 78.0 Å². The van der Waals surface area contributed by atoms with Gasteiger partial charge >= 0.3 is 0 Å². The summed E-state index contributed by atoms with van der Waals surface area (Å²) in [5.41, 5.74) is 1.24. The van der Waals surface area contributed by atoms with Crippen LogP contribution in [-0.4, -0.2) is 13.1 Å². The van der Waals surface area contributed by atoms with E-state index in [0.29, 0.717) is 0 Å². The van der Waals surface area contributed by atoms with Gasteiger partial charge in [0.25, 0.3) is 0 Å². The zero-order valence-corrected chi connectivity index (χ0v) is 7.81. The monoisotopic (exact) mass is 179 g/mol. The van der Waals surface area contributed by atoms with E-state index in [1.165, 1.54) is 6.07 Å². The predicted molar refractivity (Wildman–Crippen MR) is 51.2 cm³/mol. The van der Waals surface area contributed by atoms with E-state index in [2.05, 4.69) is 12.2 Å². The molecule has 1 heterocycles. The zero-order chi connectivity index (χ0) is 9.31. The molecule has 1 N–H and O–H groups in total. The van der Waals surface area contributed by atoms with Gasteiger partial charge in [-0.25, -0.2) is 4.39 Å². The van der Waals surface area contributed by atoms with Crippen molar-refractivity contribution in [2.75, 3.05) is 13.1 Å². The highest BCUT2D eigenvalue weighted by atomic mass is 19.1. The third-order valence-electron chi connectivity index (χ3n) is 2.89. The summed E-state index contributed by atoms with van der Waals surface area (Å²) in [6.07, 6.45) is 1.09. The van der Waals surface area contributed by atoms with Crippen LogP contribution < -0.4 is 5.32 Å². The highest BCUT2D eigenvalue weighted by molar-refractivity contribution is 5.27. The van der Waals surface area contributed by atoms with Gasteiger partial charge in [0.1, 0.15) is 5.82 Å². The fourth-order valence-corrected chi connectivity index (χ4v) is 1.93. The Morgan fingerprint density at radius 3 is 2.92 bits per heavy atom. The van der Waals surface area contributed by atoms with Gasteiger partial charge in [-0.3, -0.25) is 0 Å². The van der Waals surface area contributed by atoms with Crippen molar-refractivity contribution in [1.29, 1.82) is 0 Å². The molecule has 0 spiro atoms. The summed E-state index contributed by atoms with van der Waals surface area (Å²) >= 11 is 0. The lowest BCUT2D eigenvalue weighted by Crippen LogP contribution is -2.24. The molecule has 1 nitrogen and oxygen atoms in total. The SMILES string of the molecule is C[C@@]1(c2cccc(F)c2)CCNC1. The molecule has 1 aliphatic rings. The molecule has 0 aliphatic carbocycles. The number of rotatable bonds is 1. The van der Waals surface area contributed by atoms with Crippen molar-refractivity contribution in [3.05, 3.63) is 35.6 Å². The first kappa shape index (κ1) is 8.70. The minimum absolute atomic E-state index is 0.127. The van der Waals surface area contributed by atoms with Crippen molar-refractivity contribution in [3.63, 3.8) is 0 Å². The van der Waals surface area contributed by atoms with Crippen LogP contribution in [-0.2, 0) is 5.41 Å². The average Bonchev–Trinajstić information content (AvgIpc) is 2.54. The van der Waals surface area contributed by atoms with E-state index in [0.717, 1.165) is 25.1 Å². The van der Waals surface area contributed by atoms with Crippen LogP contribution in [0.1, 0.15) is 18.9 Å². The third kappa shape index (κ3) is 1.59. The van der Waals surface area contributed by atoms with Crippen LogP contribution >= 0.6 is 0 Å². The number of hydrogen-bond acceptors (Lipinski definition) is 1. The highest BCUT2D eigenvalue weighted by Crippen LogP contribution is 2.29. The fourth-order valence-electron chi connectivity index (χ4n) is 1.93. The van der Waals surface area contributed by atoms with Crippen molar-refractivity contribution < 1.29 is 4.39 Å². The Morgan fingerprint density at radius 1 is 1.46 bits per heavy atom. The molecule has 0 aromatic heterocycles. The van der Waals surface area contributed by atoms with E-state index in [-0.39, 0.29) is 11.2 Å². The minimum atomic E-state index is -0.134. The van der Waals surface area contributed by atoms with Gasteiger partial charge in [0.05, 0.1) is 0 Å². The normalized spacial score (nSPS) is 27.8.